The first-order valence-corrected chi connectivity index (χ1v) is 8.83. The van der Waals surface area contributed by atoms with Gasteiger partial charge in [0.05, 0.1) is 18.9 Å². The van der Waals surface area contributed by atoms with Crippen molar-refractivity contribution in [2.45, 2.75) is 10.9 Å². The lowest BCUT2D eigenvalue weighted by molar-refractivity contribution is -0.119. The minimum absolute atomic E-state index is 0.00910. The summed E-state index contributed by atoms with van der Waals surface area (Å²) in [5.41, 5.74) is 1.12. The molecular weight excluding hydrogens is 320 g/mol. The number of nitrogens with one attached hydrogen (secondary N) is 1. The zero-order valence-corrected chi connectivity index (χ0v) is 15.2. The number of rotatable bonds is 8. The molecule has 24 heavy (non-hydrogen) atoms. The summed E-state index contributed by atoms with van der Waals surface area (Å²) in [6, 6.07) is 17.8. The Balaban J connectivity index is 1.92. The molecule has 0 aliphatic heterocycles. The Hall–Kier alpha value is -1.98. The fraction of sp³-hybridized carbons (Fsp3) is 0.316. The summed E-state index contributed by atoms with van der Waals surface area (Å²) >= 11 is 1.52. The molecule has 0 bridgehead atoms. The van der Waals surface area contributed by atoms with Crippen LogP contribution in [0.15, 0.2) is 59.5 Å². The lowest BCUT2D eigenvalue weighted by Gasteiger charge is -2.22. The summed E-state index contributed by atoms with van der Waals surface area (Å²) < 4.78 is 5.14. The molecular formula is C19H24N2O2S. The number of thioether (sulfide) groups is 1. The molecule has 2 aromatic rings. The summed E-state index contributed by atoms with van der Waals surface area (Å²) in [4.78, 5) is 15.5. The van der Waals surface area contributed by atoms with Crippen LogP contribution >= 0.6 is 11.8 Å². The lowest BCUT2D eigenvalue weighted by atomic mass is 10.1. The van der Waals surface area contributed by atoms with Gasteiger partial charge >= 0.3 is 0 Å². The molecule has 0 saturated heterocycles. The van der Waals surface area contributed by atoms with Crippen LogP contribution < -0.4 is 10.1 Å². The number of nitrogens with zero attached hydrogens (tertiary/aromatic N) is 1. The van der Waals surface area contributed by atoms with E-state index in [1.165, 1.54) is 11.8 Å². The second-order valence-corrected chi connectivity index (χ2v) is 6.81. The Bertz CT molecular complexity index is 630. The molecule has 0 aliphatic rings. The van der Waals surface area contributed by atoms with Crippen LogP contribution in [0.1, 0.15) is 11.6 Å². The van der Waals surface area contributed by atoms with Gasteiger partial charge < -0.3 is 15.0 Å². The molecule has 0 heterocycles. The minimum atomic E-state index is -0.00910. The van der Waals surface area contributed by atoms with E-state index in [1.807, 2.05) is 68.7 Å². The van der Waals surface area contributed by atoms with Crippen LogP contribution in [0.5, 0.6) is 5.75 Å². The SMILES string of the molecule is COc1ccc(SCC(=O)N[C@H](CN(C)C)c2ccccc2)cc1. The van der Waals surface area contributed by atoms with Crippen molar-refractivity contribution < 1.29 is 9.53 Å². The highest BCUT2D eigenvalue weighted by Crippen LogP contribution is 2.21. The third kappa shape index (κ3) is 5.91. The number of carbonyl (C=O) groups excluding carboxylic acids is 1. The molecule has 1 atom stereocenters. The van der Waals surface area contributed by atoms with Crippen molar-refractivity contribution >= 4 is 17.7 Å². The third-order valence-electron chi connectivity index (χ3n) is 3.51. The second-order valence-electron chi connectivity index (χ2n) is 5.76. The number of likely N-dealkylation sites (N-methyl/N-ethyl adjacent to an activating group) is 1. The first kappa shape index (κ1) is 18.4. The van der Waals surface area contributed by atoms with E-state index in [9.17, 15) is 4.79 Å². The van der Waals surface area contributed by atoms with Gasteiger partial charge in [0.15, 0.2) is 0 Å². The molecule has 0 radical (unpaired) electrons. The molecule has 0 saturated carbocycles. The summed E-state index contributed by atoms with van der Waals surface area (Å²) in [6.45, 7) is 0.767. The van der Waals surface area contributed by atoms with Gasteiger partial charge in [-0.25, -0.2) is 0 Å². The Morgan fingerprint density at radius 3 is 2.38 bits per heavy atom. The average molecular weight is 344 g/mol. The van der Waals surface area contributed by atoms with Crippen molar-refractivity contribution in [1.29, 1.82) is 0 Å². The topological polar surface area (TPSA) is 41.6 Å². The highest BCUT2D eigenvalue weighted by atomic mass is 32.2. The molecule has 1 N–H and O–H groups in total. The van der Waals surface area contributed by atoms with E-state index in [-0.39, 0.29) is 11.9 Å². The fourth-order valence-corrected chi connectivity index (χ4v) is 3.05. The predicted octanol–water partition coefficient (Wildman–Crippen LogP) is 3.21. The molecule has 1 amide bonds. The van der Waals surface area contributed by atoms with Crippen molar-refractivity contribution in [2.75, 3.05) is 33.5 Å². The Morgan fingerprint density at radius 2 is 1.79 bits per heavy atom. The van der Waals surface area contributed by atoms with Gasteiger partial charge in [-0.1, -0.05) is 30.3 Å². The maximum atomic E-state index is 12.3. The van der Waals surface area contributed by atoms with Gasteiger partial charge in [-0.3, -0.25) is 4.79 Å². The smallest absolute Gasteiger partial charge is 0.230 e. The van der Waals surface area contributed by atoms with Crippen molar-refractivity contribution in [3.63, 3.8) is 0 Å². The Labute approximate surface area is 148 Å². The van der Waals surface area contributed by atoms with Gasteiger partial charge in [-0.2, -0.15) is 0 Å². The summed E-state index contributed by atoms with van der Waals surface area (Å²) in [5.74, 6) is 1.24. The van der Waals surface area contributed by atoms with Gasteiger partial charge in [0.2, 0.25) is 5.91 Å². The second kappa shape index (κ2) is 9.35. The minimum Gasteiger partial charge on any atom is -0.497 e. The molecule has 4 nitrogen and oxygen atoms in total. The number of benzene rings is 2. The first-order valence-electron chi connectivity index (χ1n) is 7.84. The quantitative estimate of drug-likeness (QED) is 0.747. The fourth-order valence-electron chi connectivity index (χ4n) is 2.34. The van der Waals surface area contributed by atoms with Crippen molar-refractivity contribution in [2.24, 2.45) is 0 Å². The number of ether oxygens (including phenoxy) is 1. The number of carbonyl (C=O) groups is 1. The molecule has 0 spiro atoms. The Morgan fingerprint density at radius 1 is 1.12 bits per heavy atom. The standard InChI is InChI=1S/C19H24N2O2S/c1-21(2)13-18(15-7-5-4-6-8-15)20-19(22)14-24-17-11-9-16(23-3)10-12-17/h4-12,18H,13-14H2,1-3H3,(H,20,22)/t18-/m1/s1. The highest BCUT2D eigenvalue weighted by Gasteiger charge is 2.15. The molecule has 2 aromatic carbocycles. The number of hydrogen-bond donors (Lipinski definition) is 1. The van der Waals surface area contributed by atoms with Gasteiger partial charge in [-0.15, -0.1) is 11.8 Å². The number of methoxy groups -OCH3 is 1. The summed E-state index contributed by atoms with van der Waals surface area (Å²) in [6.07, 6.45) is 0. The van der Waals surface area contributed by atoms with Gasteiger partial charge in [-0.05, 0) is 43.9 Å². The molecule has 0 fully saturated rings. The highest BCUT2D eigenvalue weighted by molar-refractivity contribution is 8.00. The van der Waals surface area contributed by atoms with E-state index in [1.54, 1.807) is 7.11 Å². The average Bonchev–Trinajstić information content (AvgIpc) is 2.60. The normalized spacial score (nSPS) is 12.0. The third-order valence-corrected chi connectivity index (χ3v) is 4.53. The van der Waals surface area contributed by atoms with Crippen molar-refractivity contribution in [3.05, 3.63) is 60.2 Å². The van der Waals surface area contributed by atoms with E-state index in [0.717, 1.165) is 22.8 Å². The van der Waals surface area contributed by atoms with Gasteiger partial charge in [0, 0.05) is 11.4 Å². The van der Waals surface area contributed by atoms with Crippen LogP contribution in [0, 0.1) is 0 Å². The van der Waals surface area contributed by atoms with Gasteiger partial charge in [0.25, 0.3) is 0 Å². The molecule has 0 unspecified atom stereocenters. The van der Waals surface area contributed by atoms with Gasteiger partial charge in [0.1, 0.15) is 5.75 Å². The molecule has 5 heteroatoms. The zero-order chi connectivity index (χ0) is 17.4. The summed E-state index contributed by atoms with van der Waals surface area (Å²) in [7, 11) is 5.66. The zero-order valence-electron chi connectivity index (χ0n) is 14.4. The van der Waals surface area contributed by atoms with Crippen molar-refractivity contribution in [1.82, 2.24) is 10.2 Å². The monoisotopic (exact) mass is 344 g/mol. The van der Waals surface area contributed by atoms with E-state index >= 15 is 0 Å². The molecule has 128 valence electrons. The van der Waals surface area contributed by atoms with E-state index < -0.39 is 0 Å². The van der Waals surface area contributed by atoms with Crippen LogP contribution in [-0.2, 0) is 4.79 Å². The van der Waals surface area contributed by atoms with E-state index in [4.69, 9.17) is 4.74 Å². The van der Waals surface area contributed by atoms with E-state index in [0.29, 0.717) is 5.75 Å². The van der Waals surface area contributed by atoms with Crippen LogP contribution in [0.2, 0.25) is 0 Å². The Kier molecular flexibility index (Phi) is 7.15. The maximum Gasteiger partial charge on any atom is 0.230 e. The lowest BCUT2D eigenvalue weighted by Crippen LogP contribution is -2.36. The number of amides is 1. The predicted molar refractivity (Wildman–Crippen MR) is 99.6 cm³/mol. The van der Waals surface area contributed by atoms with Crippen LogP contribution in [0.4, 0.5) is 0 Å². The molecule has 2 rings (SSSR count). The van der Waals surface area contributed by atoms with E-state index in [2.05, 4.69) is 10.2 Å². The van der Waals surface area contributed by atoms with Crippen LogP contribution in [0.3, 0.4) is 0 Å². The largest absolute Gasteiger partial charge is 0.497 e. The first-order chi connectivity index (χ1) is 11.6. The molecule has 0 aromatic heterocycles. The maximum absolute atomic E-state index is 12.3. The molecule has 0 aliphatic carbocycles. The number of hydrogen-bond acceptors (Lipinski definition) is 4. The van der Waals surface area contributed by atoms with Crippen molar-refractivity contribution in [3.8, 4) is 5.75 Å². The van der Waals surface area contributed by atoms with Crippen LogP contribution in [-0.4, -0.2) is 44.3 Å². The van der Waals surface area contributed by atoms with Crippen LogP contribution in [0.25, 0.3) is 0 Å². The summed E-state index contributed by atoms with van der Waals surface area (Å²) in [5, 5.41) is 3.13.